The molecule has 0 radical (unpaired) electrons. The van der Waals surface area contributed by atoms with Crippen molar-refractivity contribution in [1.82, 2.24) is 4.98 Å². The van der Waals surface area contributed by atoms with E-state index in [9.17, 15) is 12.8 Å². The third-order valence-corrected chi connectivity index (χ3v) is 6.42. The lowest BCUT2D eigenvalue weighted by Gasteiger charge is -2.18. The lowest BCUT2D eigenvalue weighted by Crippen LogP contribution is -2.17. The maximum Gasteiger partial charge on any atom is 0.234 e. The first kappa shape index (κ1) is 20.2. The largest absolute Gasteiger partial charge is 0.486 e. The molecule has 158 valence electrons. The van der Waals surface area contributed by atoms with Gasteiger partial charge in [0.2, 0.25) is 26.6 Å². The third-order valence-electron chi connectivity index (χ3n) is 4.76. The Hall–Kier alpha value is -3.07. The van der Waals surface area contributed by atoms with Gasteiger partial charge in [-0.25, -0.2) is 12.8 Å². The van der Waals surface area contributed by atoms with E-state index in [0.29, 0.717) is 30.3 Å². The molecule has 1 unspecified atom stereocenters. The van der Waals surface area contributed by atoms with Gasteiger partial charge in [-0.1, -0.05) is 6.92 Å². The van der Waals surface area contributed by atoms with Crippen LogP contribution in [0.25, 0.3) is 11.5 Å². The number of hydrogen-bond donors (Lipinski definition) is 1. The van der Waals surface area contributed by atoms with Crippen LogP contribution >= 0.6 is 0 Å². The smallest absolute Gasteiger partial charge is 0.234 e. The molecule has 1 N–H and O–H groups in total. The van der Waals surface area contributed by atoms with E-state index < -0.39 is 15.7 Å². The zero-order valence-corrected chi connectivity index (χ0v) is 17.3. The van der Waals surface area contributed by atoms with E-state index in [4.69, 9.17) is 13.9 Å². The maximum atomic E-state index is 13.4. The van der Waals surface area contributed by atoms with Crippen molar-refractivity contribution in [2.75, 3.05) is 18.5 Å². The van der Waals surface area contributed by atoms with Crippen LogP contribution in [0, 0.1) is 5.82 Å². The molecular weight excluding hydrogens is 411 g/mol. The van der Waals surface area contributed by atoms with Crippen molar-refractivity contribution >= 4 is 15.7 Å². The second kappa shape index (κ2) is 7.98. The van der Waals surface area contributed by atoms with Gasteiger partial charge in [0.15, 0.2) is 11.5 Å². The molecule has 0 saturated carbocycles. The average molecular weight is 432 g/mol. The molecule has 0 fully saturated rings. The van der Waals surface area contributed by atoms with Crippen molar-refractivity contribution in [3.05, 3.63) is 48.3 Å². The number of rotatable bonds is 6. The van der Waals surface area contributed by atoms with Gasteiger partial charge in [0.05, 0.1) is 4.90 Å². The Labute approximate surface area is 173 Å². The van der Waals surface area contributed by atoms with Gasteiger partial charge in [-0.3, -0.25) is 0 Å². The van der Waals surface area contributed by atoms with E-state index in [2.05, 4.69) is 10.3 Å². The summed E-state index contributed by atoms with van der Waals surface area (Å²) in [6, 6.07) is 9.86. The predicted molar refractivity (Wildman–Crippen MR) is 108 cm³/mol. The van der Waals surface area contributed by atoms with E-state index in [1.165, 1.54) is 36.4 Å². The highest BCUT2D eigenvalue weighted by molar-refractivity contribution is 7.91. The number of anilines is 1. The Bertz CT molecular complexity index is 1160. The molecule has 2 aromatic carbocycles. The summed E-state index contributed by atoms with van der Waals surface area (Å²) in [5, 5.41) is 2.82. The monoisotopic (exact) mass is 432 g/mol. The molecule has 0 saturated heterocycles. The van der Waals surface area contributed by atoms with Crippen LogP contribution in [0.15, 0.2) is 56.8 Å². The Morgan fingerprint density at radius 2 is 1.80 bits per heavy atom. The molecule has 1 aliphatic rings. The number of hydrogen-bond acceptors (Lipinski definition) is 7. The SMILES string of the molecule is CCC(C)Nc1oc(-c2ccc(F)cc2)nc1S(=O)(=O)c1ccc2c(c1)OCCO2. The topological polar surface area (TPSA) is 90.7 Å². The number of benzene rings is 2. The molecular formula is C21H21FN2O5S. The highest BCUT2D eigenvalue weighted by Gasteiger charge is 2.30. The van der Waals surface area contributed by atoms with Crippen molar-refractivity contribution in [1.29, 1.82) is 0 Å². The second-order valence-corrected chi connectivity index (χ2v) is 8.79. The lowest BCUT2D eigenvalue weighted by atomic mass is 10.2. The van der Waals surface area contributed by atoms with Crippen LogP contribution in [0.3, 0.4) is 0 Å². The molecule has 3 aromatic rings. The molecule has 1 atom stereocenters. The maximum absolute atomic E-state index is 13.4. The number of ether oxygens (including phenoxy) is 2. The van der Waals surface area contributed by atoms with Gasteiger partial charge >= 0.3 is 0 Å². The summed E-state index contributed by atoms with van der Waals surface area (Å²) in [6.45, 7) is 4.62. The Balaban J connectivity index is 1.80. The first-order valence-corrected chi connectivity index (χ1v) is 11.0. The summed E-state index contributed by atoms with van der Waals surface area (Å²) >= 11 is 0. The fourth-order valence-electron chi connectivity index (χ4n) is 2.92. The lowest BCUT2D eigenvalue weighted by molar-refractivity contribution is 0.171. The molecule has 4 rings (SSSR count). The first-order valence-electron chi connectivity index (χ1n) is 9.56. The number of aromatic nitrogens is 1. The van der Waals surface area contributed by atoms with Gasteiger partial charge in [0, 0.05) is 17.7 Å². The molecule has 30 heavy (non-hydrogen) atoms. The summed E-state index contributed by atoms with van der Waals surface area (Å²) in [5.74, 6) is 0.564. The van der Waals surface area contributed by atoms with E-state index in [-0.39, 0.29) is 27.7 Å². The number of nitrogens with one attached hydrogen (secondary N) is 1. The number of nitrogens with zero attached hydrogens (tertiary/aromatic N) is 1. The molecule has 9 heteroatoms. The second-order valence-electron chi connectivity index (χ2n) is 6.92. The molecule has 0 bridgehead atoms. The van der Waals surface area contributed by atoms with E-state index in [0.717, 1.165) is 6.42 Å². The minimum Gasteiger partial charge on any atom is -0.486 e. The summed E-state index contributed by atoms with van der Waals surface area (Å²) in [4.78, 5) is 4.26. The van der Waals surface area contributed by atoms with Crippen molar-refractivity contribution in [3.63, 3.8) is 0 Å². The number of fused-ring (bicyclic) bond motifs is 1. The van der Waals surface area contributed by atoms with Crippen LogP contribution in [-0.4, -0.2) is 32.7 Å². The van der Waals surface area contributed by atoms with E-state index in [1.54, 1.807) is 6.07 Å². The van der Waals surface area contributed by atoms with Crippen molar-refractivity contribution in [3.8, 4) is 23.0 Å². The van der Waals surface area contributed by atoms with Crippen molar-refractivity contribution in [2.24, 2.45) is 0 Å². The van der Waals surface area contributed by atoms with Gasteiger partial charge in [-0.15, -0.1) is 0 Å². The standard InChI is InChI=1S/C21H21FN2O5S/c1-3-13(2)23-20-21(24-19(29-20)14-4-6-15(22)7-5-14)30(25,26)16-8-9-17-18(12-16)28-11-10-27-17/h4-9,12-13,23H,3,10-11H2,1-2H3. The van der Waals surface area contributed by atoms with Crippen LogP contribution in [0.2, 0.25) is 0 Å². The number of oxazole rings is 1. The minimum absolute atomic E-state index is 0.0120. The van der Waals surface area contributed by atoms with Crippen molar-refractivity contribution < 1.29 is 26.7 Å². The zero-order chi connectivity index (χ0) is 21.3. The van der Waals surface area contributed by atoms with Crippen molar-refractivity contribution in [2.45, 2.75) is 36.2 Å². The summed E-state index contributed by atoms with van der Waals surface area (Å²) in [5.41, 5.74) is 0.465. The quantitative estimate of drug-likeness (QED) is 0.621. The molecule has 1 aromatic heterocycles. The predicted octanol–water partition coefficient (Wildman–Crippen LogP) is 4.30. The summed E-state index contributed by atoms with van der Waals surface area (Å²) < 4.78 is 56.8. The fraction of sp³-hybridized carbons (Fsp3) is 0.286. The molecule has 1 aliphatic heterocycles. The zero-order valence-electron chi connectivity index (χ0n) is 16.5. The van der Waals surface area contributed by atoms with Crippen LogP contribution in [-0.2, 0) is 9.84 Å². The Morgan fingerprint density at radius 3 is 2.50 bits per heavy atom. The molecule has 0 amide bonds. The third kappa shape index (κ3) is 3.85. The number of halogens is 1. The molecule has 0 aliphatic carbocycles. The van der Waals surface area contributed by atoms with Crippen LogP contribution < -0.4 is 14.8 Å². The normalized spacial score (nSPS) is 14.4. The fourth-order valence-corrected chi connectivity index (χ4v) is 4.20. The van der Waals surface area contributed by atoms with Crippen LogP contribution in [0.1, 0.15) is 20.3 Å². The highest BCUT2D eigenvalue weighted by Crippen LogP contribution is 2.37. The minimum atomic E-state index is -4.03. The number of sulfone groups is 1. The molecule has 7 nitrogen and oxygen atoms in total. The van der Waals surface area contributed by atoms with Gasteiger partial charge < -0.3 is 19.2 Å². The molecule has 2 heterocycles. The Morgan fingerprint density at radius 1 is 1.10 bits per heavy atom. The van der Waals surface area contributed by atoms with Crippen LogP contribution in [0.4, 0.5) is 10.3 Å². The first-order chi connectivity index (χ1) is 14.4. The summed E-state index contributed by atoms with van der Waals surface area (Å²) in [6.07, 6.45) is 0.746. The average Bonchev–Trinajstić information content (AvgIpc) is 3.18. The van der Waals surface area contributed by atoms with E-state index >= 15 is 0 Å². The van der Waals surface area contributed by atoms with Gasteiger partial charge in [-0.05, 0) is 49.7 Å². The van der Waals surface area contributed by atoms with Gasteiger partial charge in [-0.2, -0.15) is 4.98 Å². The van der Waals surface area contributed by atoms with Crippen LogP contribution in [0.5, 0.6) is 11.5 Å². The van der Waals surface area contributed by atoms with Gasteiger partial charge in [0.1, 0.15) is 19.0 Å². The molecule has 0 spiro atoms. The van der Waals surface area contributed by atoms with Gasteiger partial charge in [0.25, 0.3) is 0 Å². The Kier molecular flexibility index (Phi) is 5.38. The summed E-state index contributed by atoms with van der Waals surface area (Å²) in [7, 11) is -4.03. The highest BCUT2D eigenvalue weighted by atomic mass is 32.2. The van der Waals surface area contributed by atoms with E-state index in [1.807, 2.05) is 13.8 Å².